The summed E-state index contributed by atoms with van der Waals surface area (Å²) in [7, 11) is 4.73. The van der Waals surface area contributed by atoms with Crippen molar-refractivity contribution in [1.29, 1.82) is 0 Å². The second kappa shape index (κ2) is 4.90. The van der Waals surface area contributed by atoms with Gasteiger partial charge in [-0.1, -0.05) is 0 Å². The summed E-state index contributed by atoms with van der Waals surface area (Å²) in [5, 5.41) is 0. The molecular weight excluding hydrogens is 286 g/mol. The highest BCUT2D eigenvalue weighted by atomic mass is 16.5. The first-order valence-electron chi connectivity index (χ1n) is 7.22. The third-order valence-corrected chi connectivity index (χ3v) is 4.63. The number of methoxy groups -OCH3 is 2. The van der Waals surface area contributed by atoms with E-state index in [4.69, 9.17) is 14.2 Å². The lowest BCUT2D eigenvalue weighted by atomic mass is 9.93. The molecule has 6 heteroatoms. The Kier molecular flexibility index (Phi) is 3.27. The summed E-state index contributed by atoms with van der Waals surface area (Å²) in [4.78, 5) is 26.5. The van der Waals surface area contributed by atoms with Crippen molar-refractivity contribution in [3.05, 3.63) is 23.3 Å². The number of benzene rings is 1. The lowest BCUT2D eigenvalue weighted by molar-refractivity contribution is -0.150. The van der Waals surface area contributed by atoms with Crippen LogP contribution < -0.4 is 9.47 Å². The van der Waals surface area contributed by atoms with Gasteiger partial charge in [-0.3, -0.25) is 4.79 Å². The molecule has 0 spiro atoms. The fourth-order valence-corrected chi connectivity index (χ4v) is 3.34. The predicted octanol–water partition coefficient (Wildman–Crippen LogP) is 1.58. The summed E-state index contributed by atoms with van der Waals surface area (Å²) >= 11 is 0. The van der Waals surface area contributed by atoms with Crippen LogP contribution in [0.1, 0.15) is 35.2 Å². The van der Waals surface area contributed by atoms with Gasteiger partial charge in [0.15, 0.2) is 11.5 Å². The highest BCUT2D eigenvalue weighted by Crippen LogP contribution is 2.60. The minimum Gasteiger partial charge on any atom is -0.493 e. The highest BCUT2D eigenvalue weighted by molar-refractivity contribution is 6.05. The number of fused-ring (bicyclic) bond motifs is 3. The summed E-state index contributed by atoms with van der Waals surface area (Å²) in [6.07, 6.45) is 0.580. The van der Waals surface area contributed by atoms with Gasteiger partial charge in [0.1, 0.15) is 5.54 Å². The standard InChI is InChI=1S/C16H19NO5/c1-5-22-15(19)16-8-11(16)9-6-12(20-3)13(21-4)7-10(9)14(18)17(16)2/h6-7,11H,5,8H2,1-4H3. The van der Waals surface area contributed by atoms with E-state index in [1.165, 1.54) is 12.0 Å². The minimum atomic E-state index is -0.861. The molecule has 3 rings (SSSR count). The van der Waals surface area contributed by atoms with Crippen molar-refractivity contribution >= 4 is 11.9 Å². The molecule has 0 radical (unpaired) electrons. The Morgan fingerprint density at radius 3 is 2.55 bits per heavy atom. The van der Waals surface area contributed by atoms with Gasteiger partial charge in [0.05, 0.1) is 20.8 Å². The van der Waals surface area contributed by atoms with E-state index in [2.05, 4.69) is 0 Å². The number of ether oxygens (including phenoxy) is 3. The largest absolute Gasteiger partial charge is 0.493 e. The Labute approximate surface area is 128 Å². The number of rotatable bonds is 4. The van der Waals surface area contributed by atoms with Gasteiger partial charge in [-0.2, -0.15) is 0 Å². The lowest BCUT2D eigenvalue weighted by Gasteiger charge is -2.32. The molecule has 1 heterocycles. The van der Waals surface area contributed by atoms with E-state index in [9.17, 15) is 9.59 Å². The van der Waals surface area contributed by atoms with Gasteiger partial charge < -0.3 is 19.1 Å². The number of hydrogen-bond donors (Lipinski definition) is 0. The van der Waals surface area contributed by atoms with E-state index >= 15 is 0 Å². The Balaban J connectivity index is 2.09. The van der Waals surface area contributed by atoms with E-state index < -0.39 is 5.54 Å². The summed E-state index contributed by atoms with van der Waals surface area (Å²) < 4.78 is 15.7. The molecule has 6 nitrogen and oxygen atoms in total. The maximum atomic E-state index is 12.7. The van der Waals surface area contributed by atoms with Crippen LogP contribution in [0.5, 0.6) is 11.5 Å². The van der Waals surface area contributed by atoms with Crippen LogP contribution in [-0.4, -0.2) is 50.2 Å². The van der Waals surface area contributed by atoms with Crippen LogP contribution in [0.4, 0.5) is 0 Å². The Hall–Kier alpha value is -2.24. The van der Waals surface area contributed by atoms with Crippen molar-refractivity contribution < 1.29 is 23.8 Å². The number of carbonyl (C=O) groups excluding carboxylic acids is 2. The Morgan fingerprint density at radius 2 is 1.95 bits per heavy atom. The molecule has 0 bridgehead atoms. The van der Waals surface area contributed by atoms with Crippen LogP contribution in [-0.2, 0) is 9.53 Å². The van der Waals surface area contributed by atoms with Crippen molar-refractivity contribution in [3.63, 3.8) is 0 Å². The number of likely N-dealkylation sites (N-methyl/N-ethyl adjacent to an activating group) is 1. The summed E-state index contributed by atoms with van der Waals surface area (Å²) in [5.41, 5.74) is 0.524. The van der Waals surface area contributed by atoms with Crippen LogP contribution in [0.25, 0.3) is 0 Å². The second-order valence-electron chi connectivity index (χ2n) is 5.56. The molecule has 1 aliphatic heterocycles. The maximum absolute atomic E-state index is 12.7. The molecule has 1 aromatic carbocycles. The van der Waals surface area contributed by atoms with Gasteiger partial charge in [-0.05, 0) is 31.0 Å². The molecule has 22 heavy (non-hydrogen) atoms. The molecule has 0 saturated heterocycles. The van der Waals surface area contributed by atoms with Gasteiger partial charge in [-0.25, -0.2) is 4.79 Å². The first-order chi connectivity index (χ1) is 10.5. The molecule has 1 aliphatic carbocycles. The molecule has 1 aromatic rings. The monoisotopic (exact) mass is 305 g/mol. The quantitative estimate of drug-likeness (QED) is 0.790. The number of esters is 1. The molecule has 2 aliphatic rings. The first-order valence-corrected chi connectivity index (χ1v) is 7.22. The van der Waals surface area contributed by atoms with E-state index in [-0.39, 0.29) is 17.8 Å². The zero-order chi connectivity index (χ0) is 16.1. The van der Waals surface area contributed by atoms with Crippen LogP contribution >= 0.6 is 0 Å². The topological polar surface area (TPSA) is 65.1 Å². The second-order valence-corrected chi connectivity index (χ2v) is 5.56. The summed E-state index contributed by atoms with van der Waals surface area (Å²) in [5.74, 6) is 0.480. The Bertz CT molecular complexity index is 656. The molecular formula is C16H19NO5. The van der Waals surface area contributed by atoms with Gasteiger partial charge in [0.2, 0.25) is 0 Å². The van der Waals surface area contributed by atoms with Gasteiger partial charge >= 0.3 is 5.97 Å². The molecule has 2 unspecified atom stereocenters. The molecule has 118 valence electrons. The van der Waals surface area contributed by atoms with E-state index in [1.807, 2.05) is 0 Å². The van der Waals surface area contributed by atoms with Gasteiger partial charge in [0, 0.05) is 18.5 Å². The first kappa shape index (κ1) is 14.7. The van der Waals surface area contributed by atoms with Crippen molar-refractivity contribution in [3.8, 4) is 11.5 Å². The smallest absolute Gasteiger partial charge is 0.332 e. The van der Waals surface area contributed by atoms with Crippen LogP contribution in [0.15, 0.2) is 12.1 Å². The highest BCUT2D eigenvalue weighted by Gasteiger charge is 2.69. The predicted molar refractivity (Wildman–Crippen MR) is 78.4 cm³/mol. The van der Waals surface area contributed by atoms with Crippen molar-refractivity contribution in [2.75, 3.05) is 27.9 Å². The average molecular weight is 305 g/mol. The molecule has 1 amide bonds. The Morgan fingerprint density at radius 1 is 1.32 bits per heavy atom. The average Bonchev–Trinajstić information content (AvgIpc) is 3.29. The van der Waals surface area contributed by atoms with Gasteiger partial charge in [-0.15, -0.1) is 0 Å². The van der Waals surface area contributed by atoms with Crippen molar-refractivity contribution in [2.45, 2.75) is 24.8 Å². The van der Waals surface area contributed by atoms with Crippen LogP contribution in [0, 0.1) is 0 Å². The molecule has 0 aromatic heterocycles. The number of amides is 1. The molecule has 1 fully saturated rings. The van der Waals surface area contributed by atoms with E-state index in [0.717, 1.165) is 5.56 Å². The third kappa shape index (κ3) is 1.73. The van der Waals surface area contributed by atoms with Crippen molar-refractivity contribution in [2.24, 2.45) is 0 Å². The number of hydrogen-bond acceptors (Lipinski definition) is 5. The van der Waals surface area contributed by atoms with Crippen molar-refractivity contribution in [1.82, 2.24) is 4.90 Å². The fraction of sp³-hybridized carbons (Fsp3) is 0.500. The third-order valence-electron chi connectivity index (χ3n) is 4.63. The number of nitrogens with zero attached hydrogens (tertiary/aromatic N) is 1. The maximum Gasteiger partial charge on any atom is 0.332 e. The zero-order valence-electron chi connectivity index (χ0n) is 13.1. The summed E-state index contributed by atoms with van der Waals surface area (Å²) in [6, 6.07) is 3.48. The zero-order valence-corrected chi connectivity index (χ0v) is 13.1. The summed E-state index contributed by atoms with van der Waals surface area (Å²) in [6.45, 7) is 2.06. The van der Waals surface area contributed by atoms with E-state index in [0.29, 0.717) is 30.1 Å². The lowest BCUT2D eigenvalue weighted by Crippen LogP contribution is -2.49. The van der Waals surface area contributed by atoms with Crippen LogP contribution in [0.2, 0.25) is 0 Å². The number of carbonyl (C=O) groups is 2. The fourth-order valence-electron chi connectivity index (χ4n) is 3.34. The molecule has 2 atom stereocenters. The molecule has 1 saturated carbocycles. The van der Waals surface area contributed by atoms with E-state index in [1.54, 1.807) is 33.2 Å². The minimum absolute atomic E-state index is 0.0518. The normalized spacial score (nSPS) is 25.2. The SMILES string of the molecule is CCOC(=O)C12CC1c1cc(OC)c(OC)cc1C(=O)N2C. The van der Waals surface area contributed by atoms with Gasteiger partial charge in [0.25, 0.3) is 5.91 Å². The molecule has 0 N–H and O–H groups in total. The van der Waals surface area contributed by atoms with Crippen LogP contribution in [0.3, 0.4) is 0 Å².